The third kappa shape index (κ3) is 2.71. The van der Waals surface area contributed by atoms with Crippen molar-refractivity contribution < 1.29 is 9.90 Å². The van der Waals surface area contributed by atoms with E-state index in [0.717, 1.165) is 0 Å². The Morgan fingerprint density at radius 3 is 2.20 bits per heavy atom. The molecule has 0 aliphatic rings. The Morgan fingerprint density at radius 1 is 1.60 bits per heavy atom. The van der Waals surface area contributed by atoms with Crippen molar-refractivity contribution in [3.63, 3.8) is 0 Å². The van der Waals surface area contributed by atoms with Crippen LogP contribution in [0.5, 0.6) is 0 Å². The first-order valence-corrected chi connectivity index (χ1v) is 2.59. The quantitative estimate of drug-likeness (QED) is 0.446. The first-order valence-electron chi connectivity index (χ1n) is 2.59. The van der Waals surface area contributed by atoms with E-state index < -0.39 is 5.97 Å². The molecule has 0 bridgehead atoms. The summed E-state index contributed by atoms with van der Waals surface area (Å²) in [6.07, 6.45) is 2.45. The summed E-state index contributed by atoms with van der Waals surface area (Å²) in [7, 11) is 0. The van der Waals surface area contributed by atoms with Crippen LogP contribution in [-0.4, -0.2) is 11.1 Å². The normalized spacial score (nSPS) is 10.6. The molecule has 0 amide bonds. The number of carbonyl (C=O) groups is 1. The van der Waals surface area contributed by atoms with Crippen LogP contribution in [0.25, 0.3) is 0 Å². The highest BCUT2D eigenvalue weighted by Crippen LogP contribution is 1.97. The van der Waals surface area contributed by atoms with Gasteiger partial charge in [-0.1, -0.05) is 19.2 Å². The Morgan fingerprint density at radius 2 is 2.10 bits per heavy atom. The highest BCUT2D eigenvalue weighted by atomic mass is 16.4. The fourth-order valence-electron chi connectivity index (χ4n) is 0.408. The molecule has 0 atom stereocenters. The first kappa shape index (κ1) is 8.49. The second-order valence-electron chi connectivity index (χ2n) is 1.68. The van der Waals surface area contributed by atoms with Gasteiger partial charge in [0.1, 0.15) is 0 Å². The summed E-state index contributed by atoms with van der Waals surface area (Å²) >= 11 is 0. The second kappa shape index (κ2) is 3.50. The molecule has 10 heavy (non-hydrogen) atoms. The van der Waals surface area contributed by atoms with Crippen molar-refractivity contribution in [2.75, 3.05) is 0 Å². The molecule has 0 aromatic rings. The maximum Gasteiger partial charge on any atom is 0.335 e. The lowest BCUT2D eigenvalue weighted by molar-refractivity contribution is -0.132. The molecule has 0 saturated heterocycles. The minimum absolute atomic E-state index is 0.0486. The van der Waals surface area contributed by atoms with Gasteiger partial charge in [-0.15, -0.1) is 0 Å². The number of hydrogen-bond donors (Lipinski definition) is 2. The van der Waals surface area contributed by atoms with Crippen molar-refractivity contribution in [3.05, 3.63) is 36.6 Å². The summed E-state index contributed by atoms with van der Waals surface area (Å²) in [4.78, 5) is 10.2. The van der Waals surface area contributed by atoms with Crippen molar-refractivity contribution in [3.8, 4) is 0 Å². The molecule has 0 aliphatic heterocycles. The van der Waals surface area contributed by atoms with Crippen LogP contribution in [0.2, 0.25) is 0 Å². The Balaban J connectivity index is 4.49. The number of carboxylic acids is 1. The van der Waals surface area contributed by atoms with Gasteiger partial charge in [0.15, 0.2) is 0 Å². The zero-order valence-electron chi connectivity index (χ0n) is 5.50. The molecule has 0 spiro atoms. The average molecular weight is 139 g/mol. The van der Waals surface area contributed by atoms with Crippen molar-refractivity contribution in [1.82, 2.24) is 0 Å². The molecule has 0 unspecified atom stereocenters. The molecule has 3 nitrogen and oxygen atoms in total. The number of carboxylic acid groups (broad SMARTS) is 1. The lowest BCUT2D eigenvalue weighted by Crippen LogP contribution is -2.00. The van der Waals surface area contributed by atoms with Gasteiger partial charge in [-0.25, -0.2) is 4.79 Å². The number of hydrogen-bond acceptors (Lipinski definition) is 2. The molecule has 3 N–H and O–H groups in total. The maximum absolute atomic E-state index is 10.2. The van der Waals surface area contributed by atoms with E-state index in [1.807, 2.05) is 0 Å². The smallest absolute Gasteiger partial charge is 0.335 e. The second-order valence-corrected chi connectivity index (χ2v) is 1.68. The monoisotopic (exact) mass is 139 g/mol. The van der Waals surface area contributed by atoms with Crippen LogP contribution in [0.1, 0.15) is 0 Å². The molecule has 0 rings (SSSR count). The van der Waals surface area contributed by atoms with Gasteiger partial charge in [-0.2, -0.15) is 0 Å². The van der Waals surface area contributed by atoms with Crippen LogP contribution < -0.4 is 5.73 Å². The summed E-state index contributed by atoms with van der Waals surface area (Å²) in [5.74, 6) is -1.05. The summed E-state index contributed by atoms with van der Waals surface area (Å²) in [5.41, 5.74) is 5.38. The molecule has 0 aromatic heterocycles. The average Bonchev–Trinajstić information content (AvgIpc) is 1.81. The predicted octanol–water partition coefficient (Wildman–Crippen LogP) is 0.656. The van der Waals surface area contributed by atoms with Gasteiger partial charge in [0.25, 0.3) is 0 Å². The summed E-state index contributed by atoms with van der Waals surface area (Å²) in [6.45, 7) is 6.61. The minimum Gasteiger partial charge on any atom is -0.478 e. The van der Waals surface area contributed by atoms with Crippen LogP contribution in [-0.2, 0) is 4.79 Å². The minimum atomic E-state index is -1.05. The van der Waals surface area contributed by atoms with Crippen molar-refractivity contribution >= 4 is 5.97 Å². The predicted molar refractivity (Wildman–Crippen MR) is 39.2 cm³/mol. The molecule has 0 aromatic carbocycles. The topological polar surface area (TPSA) is 63.3 Å². The van der Waals surface area contributed by atoms with Crippen LogP contribution in [0.4, 0.5) is 0 Å². The molecular weight excluding hydrogens is 130 g/mol. The standard InChI is InChI=1S/C7H9NO2/c1-3-6(7(9)10)4-5(2)8/h3-4H,1-2,8H2,(H,9,10)/b6-4+. The largest absolute Gasteiger partial charge is 0.478 e. The van der Waals surface area contributed by atoms with Crippen molar-refractivity contribution in [2.24, 2.45) is 5.73 Å². The highest BCUT2D eigenvalue weighted by Gasteiger charge is 1.99. The van der Waals surface area contributed by atoms with E-state index in [1.54, 1.807) is 0 Å². The SMILES string of the molecule is C=C/C(=C\C(=C)N)C(=O)O. The lowest BCUT2D eigenvalue weighted by Gasteiger charge is -1.92. The summed E-state index contributed by atoms with van der Waals surface area (Å²) < 4.78 is 0. The summed E-state index contributed by atoms with van der Waals surface area (Å²) in [5, 5.41) is 8.39. The van der Waals surface area contributed by atoms with E-state index in [1.165, 1.54) is 12.2 Å². The Labute approximate surface area is 59.2 Å². The molecule has 0 fully saturated rings. The highest BCUT2D eigenvalue weighted by molar-refractivity contribution is 5.90. The Kier molecular flexibility index (Phi) is 2.97. The summed E-state index contributed by atoms with van der Waals surface area (Å²) in [6, 6.07) is 0. The molecular formula is C7H9NO2. The molecule has 54 valence electrons. The third-order valence-corrected chi connectivity index (χ3v) is 0.808. The molecule has 0 radical (unpaired) electrons. The third-order valence-electron chi connectivity index (χ3n) is 0.808. The van der Waals surface area contributed by atoms with Gasteiger partial charge in [0.2, 0.25) is 0 Å². The zero-order valence-corrected chi connectivity index (χ0v) is 5.50. The van der Waals surface area contributed by atoms with Gasteiger partial charge >= 0.3 is 5.97 Å². The maximum atomic E-state index is 10.2. The van der Waals surface area contributed by atoms with E-state index in [4.69, 9.17) is 10.8 Å². The Hall–Kier alpha value is -1.51. The van der Waals surface area contributed by atoms with E-state index in [0.29, 0.717) is 0 Å². The number of rotatable bonds is 3. The van der Waals surface area contributed by atoms with Crippen LogP contribution in [0.15, 0.2) is 36.6 Å². The lowest BCUT2D eigenvalue weighted by atomic mass is 10.2. The van der Waals surface area contributed by atoms with E-state index in [2.05, 4.69) is 13.2 Å². The van der Waals surface area contributed by atoms with Crippen LogP contribution >= 0.6 is 0 Å². The van der Waals surface area contributed by atoms with E-state index in [-0.39, 0.29) is 11.3 Å². The van der Waals surface area contributed by atoms with Crippen LogP contribution in [0, 0.1) is 0 Å². The van der Waals surface area contributed by atoms with Gasteiger partial charge in [0.05, 0.1) is 5.57 Å². The molecule has 0 heterocycles. The number of aliphatic carboxylic acids is 1. The fourth-order valence-corrected chi connectivity index (χ4v) is 0.408. The van der Waals surface area contributed by atoms with E-state index in [9.17, 15) is 4.79 Å². The van der Waals surface area contributed by atoms with Crippen molar-refractivity contribution in [2.45, 2.75) is 0 Å². The molecule has 3 heteroatoms. The first-order chi connectivity index (χ1) is 4.57. The van der Waals surface area contributed by atoms with Crippen LogP contribution in [0.3, 0.4) is 0 Å². The number of allylic oxidation sites excluding steroid dienone is 1. The fraction of sp³-hybridized carbons (Fsp3) is 0. The molecule has 0 aliphatic carbocycles. The van der Waals surface area contributed by atoms with Crippen molar-refractivity contribution in [1.29, 1.82) is 0 Å². The number of nitrogens with two attached hydrogens (primary N) is 1. The molecule has 0 saturated carbocycles. The van der Waals surface area contributed by atoms with Gasteiger partial charge in [-0.05, 0) is 6.08 Å². The van der Waals surface area contributed by atoms with E-state index >= 15 is 0 Å². The van der Waals surface area contributed by atoms with Gasteiger partial charge < -0.3 is 10.8 Å². The Bertz CT molecular complexity index is 204. The zero-order chi connectivity index (χ0) is 8.15. The van der Waals surface area contributed by atoms with Gasteiger partial charge in [-0.3, -0.25) is 0 Å². The van der Waals surface area contributed by atoms with Gasteiger partial charge in [0, 0.05) is 5.70 Å².